The first kappa shape index (κ1) is 55.8. The topological polar surface area (TPSA) is 244 Å². The highest BCUT2D eigenvalue weighted by molar-refractivity contribution is 7.89. The van der Waals surface area contributed by atoms with Crippen molar-refractivity contribution in [3.05, 3.63) is 114 Å². The molecule has 0 saturated carbocycles. The Morgan fingerprint density at radius 3 is 1.41 bits per heavy atom. The van der Waals surface area contributed by atoms with E-state index in [0.717, 1.165) is 30.4 Å². The van der Waals surface area contributed by atoms with Crippen LogP contribution in [0.25, 0.3) is 0 Å². The number of aliphatic hydroxyl groups is 2. The van der Waals surface area contributed by atoms with Gasteiger partial charge in [-0.3, -0.25) is 0 Å². The van der Waals surface area contributed by atoms with Crippen LogP contribution in [0.3, 0.4) is 0 Å². The minimum atomic E-state index is -3.87. The Kier molecular flexibility index (Phi) is 20.0. The third kappa shape index (κ3) is 17.0. The lowest BCUT2D eigenvalue weighted by Crippen LogP contribution is -2.42. The Morgan fingerprint density at radius 2 is 0.919 bits per heavy atom. The number of phenols is 3. The fourth-order valence-electron chi connectivity index (χ4n) is 10.5. The molecule has 4 heterocycles. The summed E-state index contributed by atoms with van der Waals surface area (Å²) >= 11 is 0. The molecule has 0 aromatic heterocycles. The zero-order valence-electron chi connectivity index (χ0n) is 42.3. The van der Waals surface area contributed by atoms with Gasteiger partial charge in [0.2, 0.25) is 10.0 Å². The maximum Gasteiger partial charge on any atom is 0.238 e. The number of primary sulfonamides is 1. The molecule has 0 aliphatic carbocycles. The van der Waals surface area contributed by atoms with Crippen molar-refractivity contribution in [1.82, 2.24) is 0 Å². The molecule has 4 saturated heterocycles. The number of hydrogen-bond acceptors (Lipinski definition) is 16. The molecule has 0 radical (unpaired) electrons. The first-order valence-corrected chi connectivity index (χ1v) is 27.8. The molecule has 7 N–H and O–H groups in total. The third-order valence-corrected chi connectivity index (χ3v) is 15.0. The number of benzene rings is 4. The second kappa shape index (κ2) is 26.6. The van der Waals surface area contributed by atoms with Gasteiger partial charge in [-0.1, -0.05) is 36.4 Å². The summed E-state index contributed by atoms with van der Waals surface area (Å²) in [6.07, 6.45) is 4.43. The van der Waals surface area contributed by atoms with Crippen molar-refractivity contribution >= 4 is 10.0 Å². The largest absolute Gasteiger partial charge is 0.508 e. The first-order valence-electron chi connectivity index (χ1n) is 26.3. The summed E-state index contributed by atoms with van der Waals surface area (Å²) in [6, 6.07) is 26.5. The smallest absolute Gasteiger partial charge is 0.238 e. The molecule has 4 aliphatic rings. The van der Waals surface area contributed by atoms with Crippen molar-refractivity contribution in [1.29, 1.82) is 0 Å². The van der Waals surface area contributed by atoms with Gasteiger partial charge in [0.05, 0.1) is 65.9 Å². The number of nitrogens with two attached hydrogens (primary N) is 1. The van der Waals surface area contributed by atoms with Crippen molar-refractivity contribution in [3.8, 4) is 23.0 Å². The molecule has 8 rings (SSSR count). The molecule has 0 amide bonds. The van der Waals surface area contributed by atoms with Crippen molar-refractivity contribution < 1.29 is 76.6 Å². The van der Waals surface area contributed by atoms with Crippen LogP contribution in [0.5, 0.6) is 23.0 Å². The zero-order valence-corrected chi connectivity index (χ0v) is 43.2. The number of phenolic OH excluding ortho intramolecular Hbond substituents is 3. The fourth-order valence-corrected chi connectivity index (χ4v) is 11.0. The van der Waals surface area contributed by atoms with E-state index < -0.39 is 47.4 Å². The molecule has 4 aromatic carbocycles. The molecule has 4 aromatic rings. The molecule has 17 nitrogen and oxygen atoms in total. The van der Waals surface area contributed by atoms with Gasteiger partial charge in [-0.15, -0.1) is 0 Å². The Balaban J connectivity index is 0.827. The highest BCUT2D eigenvalue weighted by Crippen LogP contribution is 2.38. The van der Waals surface area contributed by atoms with Crippen LogP contribution in [0.15, 0.2) is 102 Å². The standard InChI is InChI=1S/C56H75NO16S/c1-35-25-46(70-54(66-35)37-9-3-12-40(58)27-37)19-8-20-47-33-51(69-53(68-47)34-65-45-21-23-52(24-22-45)74(57,63)64)31-44(62)16-7-18-49-32-48(71-56(72-49)39-11-5-14-42(60)29-39)17-6-15-43(61)30-50-26-36(2)67-55(73-50)38-10-4-13-41(59)28-38/h3-5,9-14,21-24,27-29,35-36,43-44,46-51,53-56,58-62H,6-8,15-20,25-26,30-34H2,1-2H3,(H2,57,63,64)/t35?,36-,43?,44?,46?,47?,48?,49?,50?,51?,53?,54?,55?,56?/m0/s1. The first-order chi connectivity index (χ1) is 35.6. The van der Waals surface area contributed by atoms with Gasteiger partial charge in [-0.05, 0) is 158 Å². The van der Waals surface area contributed by atoms with E-state index in [0.29, 0.717) is 88.4 Å². The van der Waals surface area contributed by atoms with E-state index in [-0.39, 0.29) is 77.6 Å². The second-order valence-corrected chi connectivity index (χ2v) is 22.1. The Hall–Kier alpha value is -4.41. The van der Waals surface area contributed by atoms with E-state index >= 15 is 0 Å². The summed E-state index contributed by atoms with van der Waals surface area (Å²) in [5.74, 6) is 0.827. The third-order valence-electron chi connectivity index (χ3n) is 14.1. The average molecular weight is 1050 g/mol. The summed E-state index contributed by atoms with van der Waals surface area (Å²) < 4.78 is 80.0. The maximum absolute atomic E-state index is 11.8. The van der Waals surface area contributed by atoms with Gasteiger partial charge < -0.3 is 68.2 Å². The molecule has 0 bridgehead atoms. The maximum atomic E-state index is 11.8. The number of ether oxygens (including phenoxy) is 9. The van der Waals surface area contributed by atoms with Crippen LogP contribution >= 0.6 is 0 Å². The summed E-state index contributed by atoms with van der Waals surface area (Å²) in [5.41, 5.74) is 2.21. The molecule has 13 unspecified atom stereocenters. The number of rotatable bonds is 23. The van der Waals surface area contributed by atoms with E-state index in [4.69, 9.17) is 47.8 Å². The van der Waals surface area contributed by atoms with E-state index in [1.54, 1.807) is 54.6 Å². The predicted molar refractivity (Wildman–Crippen MR) is 271 cm³/mol. The second-order valence-electron chi connectivity index (χ2n) is 20.5. The number of aliphatic hydroxyl groups excluding tert-OH is 2. The number of sulfonamides is 1. The summed E-state index contributed by atoms with van der Waals surface area (Å²) in [7, 11) is -3.87. The number of aromatic hydroxyl groups is 3. The van der Waals surface area contributed by atoms with Crippen LogP contribution in [0.2, 0.25) is 0 Å². The minimum absolute atomic E-state index is 0.0265. The quantitative estimate of drug-likeness (QED) is 0.0406. The Morgan fingerprint density at radius 1 is 0.527 bits per heavy atom. The molecule has 14 atom stereocenters. The Bertz CT molecular complexity index is 2460. The summed E-state index contributed by atoms with van der Waals surface area (Å²) in [4.78, 5) is -0.0265. The van der Waals surface area contributed by atoms with Crippen LogP contribution in [0.1, 0.15) is 146 Å². The molecular weight excluding hydrogens is 975 g/mol. The van der Waals surface area contributed by atoms with Gasteiger partial charge in [0, 0.05) is 29.5 Å². The van der Waals surface area contributed by atoms with Gasteiger partial charge in [-0.25, -0.2) is 13.6 Å². The van der Waals surface area contributed by atoms with E-state index in [2.05, 4.69) is 0 Å². The van der Waals surface area contributed by atoms with Gasteiger partial charge in [0.25, 0.3) is 0 Å². The molecule has 4 fully saturated rings. The zero-order chi connectivity index (χ0) is 52.2. The van der Waals surface area contributed by atoms with Crippen molar-refractivity contribution in [2.75, 3.05) is 6.61 Å². The van der Waals surface area contributed by atoms with E-state index in [1.165, 1.54) is 24.3 Å². The highest BCUT2D eigenvalue weighted by Gasteiger charge is 2.36. The van der Waals surface area contributed by atoms with Crippen LogP contribution < -0.4 is 9.88 Å². The molecule has 4 aliphatic heterocycles. The van der Waals surface area contributed by atoms with Gasteiger partial charge in [0.1, 0.15) is 29.6 Å². The monoisotopic (exact) mass is 1050 g/mol. The van der Waals surface area contributed by atoms with Crippen molar-refractivity contribution in [3.63, 3.8) is 0 Å². The van der Waals surface area contributed by atoms with Gasteiger partial charge in [-0.2, -0.15) is 0 Å². The van der Waals surface area contributed by atoms with Crippen LogP contribution in [0, 0.1) is 0 Å². The lowest BCUT2D eigenvalue weighted by molar-refractivity contribution is -0.258. The molecular formula is C56H75NO16S. The van der Waals surface area contributed by atoms with E-state index in [1.807, 2.05) is 32.0 Å². The minimum Gasteiger partial charge on any atom is -0.508 e. The van der Waals surface area contributed by atoms with E-state index in [9.17, 15) is 34.0 Å². The normalized spacial score (nSPS) is 29.6. The summed E-state index contributed by atoms with van der Waals surface area (Å²) in [6.45, 7) is 4.05. The van der Waals surface area contributed by atoms with Crippen molar-refractivity contribution in [2.24, 2.45) is 5.14 Å². The predicted octanol–water partition coefficient (Wildman–Crippen LogP) is 9.00. The molecule has 74 heavy (non-hydrogen) atoms. The Labute approximate surface area is 434 Å². The average Bonchev–Trinajstić information content (AvgIpc) is 3.35. The lowest BCUT2D eigenvalue weighted by atomic mass is 9.95. The molecule has 0 spiro atoms. The molecule has 18 heteroatoms. The summed E-state index contributed by atoms with van der Waals surface area (Å²) in [5, 5.41) is 58.3. The fraction of sp³-hybridized carbons (Fsp3) is 0.571. The van der Waals surface area contributed by atoms with Crippen LogP contribution in [-0.4, -0.2) is 108 Å². The molecule has 406 valence electrons. The lowest BCUT2D eigenvalue weighted by Gasteiger charge is -2.37. The van der Waals surface area contributed by atoms with Crippen LogP contribution in [-0.2, 0) is 47.9 Å². The SMILES string of the molecule is CC1CC(CCCC2CC(CC(O)CCCC3CC(CCCC(O)CC4C[C@H](C)OC(c5cccc(O)c5)O4)OC(c4cccc(O)c4)O3)OC(COc3ccc(S(N)(=O)=O)cc3)O2)OC(c2cccc(O)c2)O1. The van der Waals surface area contributed by atoms with Gasteiger partial charge in [0.15, 0.2) is 25.2 Å². The van der Waals surface area contributed by atoms with Crippen LogP contribution in [0.4, 0.5) is 0 Å². The van der Waals surface area contributed by atoms with Gasteiger partial charge >= 0.3 is 0 Å². The van der Waals surface area contributed by atoms with Crippen molar-refractivity contribution in [2.45, 2.75) is 201 Å². The number of hydrogen-bond donors (Lipinski definition) is 6. The highest BCUT2D eigenvalue weighted by atomic mass is 32.2.